The molecule has 0 radical (unpaired) electrons. The normalized spacial score (nSPS) is 16.0. The molecule has 0 unspecified atom stereocenters. The lowest BCUT2D eigenvalue weighted by molar-refractivity contribution is -0.142. The summed E-state index contributed by atoms with van der Waals surface area (Å²) in [6, 6.07) is 0.196. The zero-order chi connectivity index (χ0) is 42.7. The van der Waals surface area contributed by atoms with E-state index < -0.39 is 109 Å². The number of aliphatic carboxylic acids is 3. The van der Waals surface area contributed by atoms with Crippen LogP contribution in [0.1, 0.15) is 90.5 Å². The van der Waals surface area contributed by atoms with Gasteiger partial charge in [-0.2, -0.15) is 12.6 Å². The van der Waals surface area contributed by atoms with Gasteiger partial charge in [-0.25, -0.2) is 4.79 Å². The number of thiol groups is 1. The Balaban J connectivity index is 2.39. The highest BCUT2D eigenvalue weighted by molar-refractivity contribution is 7.80. The van der Waals surface area contributed by atoms with Crippen LogP contribution in [0.3, 0.4) is 0 Å². The molecule has 0 saturated heterocycles. The van der Waals surface area contributed by atoms with Crippen molar-refractivity contribution in [3.63, 3.8) is 0 Å². The number of amides is 6. The number of carbonyl (C=O) groups excluding carboxylic acids is 6. The van der Waals surface area contributed by atoms with Gasteiger partial charge >= 0.3 is 17.9 Å². The fraction of sp³-hybridized carbons (Fsp3) is 0.605. The first kappa shape index (κ1) is 48.0. The lowest BCUT2D eigenvalue weighted by Crippen LogP contribution is -2.60. The topological polar surface area (TPSA) is 286 Å². The van der Waals surface area contributed by atoms with Crippen molar-refractivity contribution in [3.05, 3.63) is 35.9 Å². The molecule has 316 valence electrons. The zero-order valence-corrected chi connectivity index (χ0v) is 33.3. The minimum atomic E-state index is -1.52. The number of nitrogens with one attached hydrogen (secondary N) is 6. The van der Waals surface area contributed by atoms with Crippen molar-refractivity contribution in [1.29, 1.82) is 0 Å². The highest BCUT2D eigenvalue weighted by Crippen LogP contribution is 2.27. The molecule has 0 heterocycles. The van der Waals surface area contributed by atoms with E-state index in [-0.39, 0.29) is 36.9 Å². The first-order chi connectivity index (χ1) is 26.9. The second-order valence-electron chi connectivity index (χ2n) is 14.7. The van der Waals surface area contributed by atoms with Gasteiger partial charge in [0.25, 0.3) is 0 Å². The minimum Gasteiger partial charge on any atom is -0.481 e. The average Bonchev–Trinajstić information content (AvgIpc) is 3.14. The molecule has 1 saturated carbocycles. The van der Waals surface area contributed by atoms with E-state index in [1.807, 2.05) is 0 Å². The molecule has 1 aromatic carbocycles. The van der Waals surface area contributed by atoms with Crippen LogP contribution in [0.2, 0.25) is 0 Å². The Labute approximate surface area is 336 Å². The summed E-state index contributed by atoms with van der Waals surface area (Å²) in [7, 11) is 0. The monoisotopic (exact) mass is 820 g/mol. The van der Waals surface area contributed by atoms with Gasteiger partial charge in [-0.05, 0) is 36.7 Å². The molecule has 1 aliphatic carbocycles. The summed E-state index contributed by atoms with van der Waals surface area (Å²) in [5.74, 6) is -9.43. The molecule has 1 fully saturated rings. The van der Waals surface area contributed by atoms with E-state index in [0.717, 1.165) is 39.0 Å². The Morgan fingerprint density at radius 3 is 1.70 bits per heavy atom. The Hall–Kier alpha value is -5.20. The van der Waals surface area contributed by atoms with Gasteiger partial charge in [0.15, 0.2) is 0 Å². The largest absolute Gasteiger partial charge is 0.481 e. The third kappa shape index (κ3) is 18.1. The molecule has 9 N–H and O–H groups in total. The van der Waals surface area contributed by atoms with Crippen molar-refractivity contribution in [2.75, 3.05) is 5.75 Å². The van der Waals surface area contributed by atoms with Crippen molar-refractivity contribution in [2.45, 2.75) is 128 Å². The molecule has 0 bridgehead atoms. The van der Waals surface area contributed by atoms with E-state index >= 15 is 0 Å². The smallest absolute Gasteiger partial charge is 0.327 e. The van der Waals surface area contributed by atoms with Crippen molar-refractivity contribution in [1.82, 2.24) is 31.9 Å². The molecule has 0 aromatic heterocycles. The van der Waals surface area contributed by atoms with Crippen molar-refractivity contribution < 1.29 is 58.5 Å². The molecule has 6 amide bonds. The number of carboxylic acids is 3. The van der Waals surface area contributed by atoms with Crippen molar-refractivity contribution >= 4 is 66.0 Å². The van der Waals surface area contributed by atoms with Gasteiger partial charge in [-0.15, -0.1) is 0 Å². The van der Waals surface area contributed by atoms with Gasteiger partial charge < -0.3 is 47.2 Å². The highest BCUT2D eigenvalue weighted by Gasteiger charge is 2.35. The summed E-state index contributed by atoms with van der Waals surface area (Å²) in [4.78, 5) is 115. The first-order valence-corrected chi connectivity index (χ1v) is 19.6. The van der Waals surface area contributed by atoms with E-state index in [1.54, 1.807) is 44.2 Å². The van der Waals surface area contributed by atoms with Crippen LogP contribution in [0.15, 0.2) is 30.3 Å². The minimum absolute atomic E-state index is 0.0252. The summed E-state index contributed by atoms with van der Waals surface area (Å²) in [5, 5.41) is 43.1. The molecule has 19 heteroatoms. The molecular weight excluding hydrogens is 765 g/mol. The molecular formula is C38H56N6O12S. The molecule has 18 nitrogen and oxygen atoms in total. The van der Waals surface area contributed by atoms with Gasteiger partial charge in [0.05, 0.1) is 6.42 Å². The van der Waals surface area contributed by atoms with Gasteiger partial charge in [-0.1, -0.05) is 76.3 Å². The molecule has 0 spiro atoms. The van der Waals surface area contributed by atoms with Gasteiger partial charge in [0.1, 0.15) is 36.3 Å². The van der Waals surface area contributed by atoms with Gasteiger partial charge in [0, 0.05) is 25.5 Å². The average molecular weight is 821 g/mol. The number of rotatable bonds is 24. The number of carboxylic acid groups (broad SMARTS) is 3. The van der Waals surface area contributed by atoms with Gasteiger partial charge in [0.2, 0.25) is 35.4 Å². The summed E-state index contributed by atoms with van der Waals surface area (Å²) >= 11 is 3.99. The van der Waals surface area contributed by atoms with Crippen LogP contribution in [-0.2, 0) is 49.6 Å². The van der Waals surface area contributed by atoms with Crippen LogP contribution >= 0.6 is 12.6 Å². The quantitative estimate of drug-likeness (QED) is 0.0640. The second kappa shape index (κ2) is 24.4. The number of hydrogen-bond donors (Lipinski definition) is 10. The maximum absolute atomic E-state index is 13.9. The summed E-state index contributed by atoms with van der Waals surface area (Å²) in [5.41, 5.74) is 0.596. The van der Waals surface area contributed by atoms with E-state index in [1.165, 1.54) is 0 Å². The molecule has 1 aliphatic rings. The Bertz CT molecular complexity index is 1560. The van der Waals surface area contributed by atoms with E-state index in [0.29, 0.717) is 5.56 Å². The predicted octanol–water partition coefficient (Wildman–Crippen LogP) is 0.528. The van der Waals surface area contributed by atoms with Crippen LogP contribution < -0.4 is 31.9 Å². The number of carbonyl (C=O) groups is 9. The van der Waals surface area contributed by atoms with E-state index in [2.05, 4.69) is 44.5 Å². The van der Waals surface area contributed by atoms with Crippen LogP contribution in [0.4, 0.5) is 0 Å². The summed E-state index contributed by atoms with van der Waals surface area (Å²) in [6.07, 6.45) is 2.76. The van der Waals surface area contributed by atoms with Crippen LogP contribution in [-0.4, -0.2) is 111 Å². The van der Waals surface area contributed by atoms with Gasteiger partial charge in [-0.3, -0.25) is 38.4 Å². The standard InChI is InChI=1S/C38H56N6O12S/c1-21(2)16-26(41-35(52)27(17-23-10-6-4-7-11-23)43-37(54)29(19-32(48)49)39-22(3)45)34(51)40-25(14-15-31(46)47)33(50)42-28(18-24-12-8-5-9-13-24)36(53)44-30(20-57)38(55)56/h4,6-7,10-11,21,24-30,57H,5,8-9,12-20H2,1-3H3,(H,39,45)(H,40,51)(H,41,52)(H,42,50)(H,43,54)(H,44,53)(H,46,47)(H,48,49)(H,55,56)/t25-,26-,27+,28-,29-,30-/m0/s1. The first-order valence-electron chi connectivity index (χ1n) is 19.0. The van der Waals surface area contributed by atoms with Crippen LogP contribution in [0, 0.1) is 11.8 Å². The third-order valence-corrected chi connectivity index (χ3v) is 9.70. The number of benzene rings is 1. The Morgan fingerprint density at radius 1 is 0.649 bits per heavy atom. The Kier molecular flexibility index (Phi) is 20.6. The fourth-order valence-electron chi connectivity index (χ4n) is 6.46. The van der Waals surface area contributed by atoms with Crippen molar-refractivity contribution in [2.24, 2.45) is 11.8 Å². The second-order valence-corrected chi connectivity index (χ2v) is 15.0. The maximum atomic E-state index is 13.9. The summed E-state index contributed by atoms with van der Waals surface area (Å²) in [6.45, 7) is 4.62. The molecule has 1 aromatic rings. The van der Waals surface area contributed by atoms with E-state index in [9.17, 15) is 58.5 Å². The molecule has 57 heavy (non-hydrogen) atoms. The van der Waals surface area contributed by atoms with E-state index in [4.69, 9.17) is 0 Å². The van der Waals surface area contributed by atoms with Crippen LogP contribution in [0.5, 0.6) is 0 Å². The molecule has 6 atom stereocenters. The maximum Gasteiger partial charge on any atom is 0.327 e. The summed E-state index contributed by atoms with van der Waals surface area (Å²) < 4.78 is 0. The zero-order valence-electron chi connectivity index (χ0n) is 32.5. The predicted molar refractivity (Wildman–Crippen MR) is 209 cm³/mol. The molecule has 2 rings (SSSR count). The molecule has 0 aliphatic heterocycles. The van der Waals surface area contributed by atoms with Crippen molar-refractivity contribution in [3.8, 4) is 0 Å². The third-order valence-electron chi connectivity index (χ3n) is 9.33. The highest BCUT2D eigenvalue weighted by atomic mass is 32.1. The number of hydrogen-bond acceptors (Lipinski definition) is 10. The Morgan fingerprint density at radius 2 is 1.16 bits per heavy atom. The lowest BCUT2D eigenvalue weighted by Gasteiger charge is -2.29. The fourth-order valence-corrected chi connectivity index (χ4v) is 6.71. The lowest BCUT2D eigenvalue weighted by atomic mass is 9.84. The van der Waals surface area contributed by atoms with Crippen LogP contribution in [0.25, 0.3) is 0 Å². The SMILES string of the molecule is CC(=O)N[C@@H](CC(=O)O)C(=O)N[C@H](Cc1ccccc1)C(=O)N[C@@H](CC(C)C)C(=O)N[C@@H](CCC(=O)O)C(=O)N[C@@H](CC1CCCCC1)C(=O)N[C@@H](CS)C(=O)O.